The van der Waals surface area contributed by atoms with Gasteiger partial charge >= 0.3 is 0 Å². The van der Waals surface area contributed by atoms with Crippen LogP contribution in [0, 0.1) is 0 Å². The summed E-state index contributed by atoms with van der Waals surface area (Å²) >= 11 is 0. The average molecular weight is 304 g/mol. The topological polar surface area (TPSA) is 84.0 Å². The highest BCUT2D eigenvalue weighted by Crippen LogP contribution is 2.22. The Bertz CT molecular complexity index is 715. The van der Waals surface area contributed by atoms with Crippen molar-refractivity contribution in [2.45, 2.75) is 30.3 Å². The van der Waals surface area contributed by atoms with Crippen molar-refractivity contribution in [1.82, 2.24) is 15.3 Å². The third kappa shape index (κ3) is 3.56. The first-order chi connectivity index (χ1) is 10.1. The summed E-state index contributed by atoms with van der Waals surface area (Å²) in [5.74, 6) is 0.0717. The lowest BCUT2D eigenvalue weighted by molar-refractivity contribution is 0.597. The van der Waals surface area contributed by atoms with Crippen LogP contribution in [0.3, 0.4) is 0 Å². The molecule has 1 heterocycles. The molecular weight excluding hydrogens is 288 g/mol. The Labute approximate surface area is 123 Å². The van der Waals surface area contributed by atoms with Crippen molar-refractivity contribution in [1.29, 1.82) is 0 Å². The van der Waals surface area contributed by atoms with Crippen LogP contribution in [0.1, 0.15) is 18.4 Å². The minimum absolute atomic E-state index is 0.0717. The van der Waals surface area contributed by atoms with Gasteiger partial charge in [0.25, 0.3) is 10.0 Å². The van der Waals surface area contributed by atoms with Gasteiger partial charge in [-0.25, -0.2) is 23.1 Å². The number of sulfonamides is 1. The van der Waals surface area contributed by atoms with Crippen LogP contribution in [-0.2, 0) is 16.6 Å². The lowest BCUT2D eigenvalue weighted by atomic mass is 10.2. The number of hydrogen-bond donors (Lipinski definition) is 2. The molecule has 0 bridgehead atoms. The normalized spacial score (nSPS) is 14.9. The minimum Gasteiger partial charge on any atom is -0.310 e. The van der Waals surface area contributed by atoms with Crippen molar-refractivity contribution in [2.75, 3.05) is 4.72 Å². The predicted octanol–water partition coefficient (Wildman–Crippen LogP) is 1.53. The van der Waals surface area contributed by atoms with E-state index >= 15 is 0 Å². The predicted molar refractivity (Wildman–Crippen MR) is 79.1 cm³/mol. The molecule has 0 spiro atoms. The van der Waals surface area contributed by atoms with Crippen molar-refractivity contribution in [2.24, 2.45) is 0 Å². The Morgan fingerprint density at radius 3 is 2.52 bits per heavy atom. The average Bonchev–Trinajstić information content (AvgIpc) is 3.30. The van der Waals surface area contributed by atoms with Gasteiger partial charge in [0.2, 0.25) is 5.95 Å². The van der Waals surface area contributed by atoms with Crippen LogP contribution >= 0.6 is 0 Å². The molecule has 0 unspecified atom stereocenters. The molecule has 110 valence electrons. The van der Waals surface area contributed by atoms with Crippen LogP contribution < -0.4 is 10.0 Å². The van der Waals surface area contributed by atoms with Gasteiger partial charge in [0.15, 0.2) is 0 Å². The number of nitrogens with zero attached hydrogens (tertiary/aromatic N) is 2. The summed E-state index contributed by atoms with van der Waals surface area (Å²) in [6.07, 6.45) is 5.30. The van der Waals surface area contributed by atoms with E-state index in [1.807, 2.05) is 12.1 Å². The van der Waals surface area contributed by atoms with Gasteiger partial charge in [0.1, 0.15) is 0 Å². The summed E-state index contributed by atoms with van der Waals surface area (Å²) in [4.78, 5) is 8.03. The molecule has 3 rings (SSSR count). The molecule has 0 atom stereocenters. The molecule has 0 aliphatic heterocycles. The van der Waals surface area contributed by atoms with E-state index in [4.69, 9.17) is 0 Å². The SMILES string of the molecule is O=S(=O)(Nc1ncccn1)c1ccccc1CNC1CC1. The van der Waals surface area contributed by atoms with E-state index in [1.165, 1.54) is 12.4 Å². The first-order valence-corrected chi connectivity index (χ1v) is 8.24. The van der Waals surface area contributed by atoms with Gasteiger partial charge < -0.3 is 5.32 Å². The Hall–Kier alpha value is -1.99. The molecule has 1 fully saturated rings. The van der Waals surface area contributed by atoms with Crippen molar-refractivity contribution >= 4 is 16.0 Å². The monoisotopic (exact) mass is 304 g/mol. The van der Waals surface area contributed by atoms with E-state index in [2.05, 4.69) is 20.0 Å². The van der Waals surface area contributed by atoms with Gasteiger partial charge in [0.05, 0.1) is 4.90 Å². The smallest absolute Gasteiger partial charge is 0.264 e. The third-order valence-corrected chi connectivity index (χ3v) is 4.64. The number of hydrogen-bond acceptors (Lipinski definition) is 5. The molecule has 0 saturated heterocycles. The maximum atomic E-state index is 12.5. The van der Waals surface area contributed by atoms with Gasteiger partial charge in [0, 0.05) is 25.0 Å². The standard InChI is InChI=1S/C14H16N4O2S/c19-21(20,18-14-15-8-3-9-16-14)13-5-2-1-4-11(13)10-17-12-6-7-12/h1-5,8-9,12,17H,6-7,10H2,(H,15,16,18). The summed E-state index contributed by atoms with van der Waals surface area (Å²) in [5, 5.41) is 3.33. The second kappa shape index (κ2) is 5.79. The summed E-state index contributed by atoms with van der Waals surface area (Å²) in [5.41, 5.74) is 0.743. The Kier molecular flexibility index (Phi) is 3.85. The molecule has 1 aromatic heterocycles. The van der Waals surface area contributed by atoms with Gasteiger partial charge in [-0.1, -0.05) is 18.2 Å². The number of benzene rings is 1. The lowest BCUT2D eigenvalue weighted by Gasteiger charge is -2.11. The van der Waals surface area contributed by atoms with Crippen LogP contribution in [0.2, 0.25) is 0 Å². The zero-order valence-electron chi connectivity index (χ0n) is 11.4. The van der Waals surface area contributed by atoms with Crippen LogP contribution in [0.15, 0.2) is 47.6 Å². The Morgan fingerprint density at radius 2 is 1.81 bits per heavy atom. The first-order valence-electron chi connectivity index (χ1n) is 6.76. The highest BCUT2D eigenvalue weighted by molar-refractivity contribution is 7.92. The molecule has 1 aliphatic rings. The Morgan fingerprint density at radius 1 is 1.10 bits per heavy atom. The van der Waals surface area contributed by atoms with Crippen molar-refractivity contribution < 1.29 is 8.42 Å². The largest absolute Gasteiger partial charge is 0.310 e. The molecule has 2 N–H and O–H groups in total. The van der Waals surface area contributed by atoms with Crippen molar-refractivity contribution in [3.63, 3.8) is 0 Å². The summed E-state index contributed by atoms with van der Waals surface area (Å²) in [6.45, 7) is 0.539. The van der Waals surface area contributed by atoms with Crippen LogP contribution in [-0.4, -0.2) is 24.4 Å². The van der Waals surface area contributed by atoms with Crippen LogP contribution in [0.25, 0.3) is 0 Å². The molecule has 1 aromatic carbocycles. The van der Waals surface area contributed by atoms with E-state index < -0.39 is 10.0 Å². The molecule has 2 aromatic rings. The van der Waals surface area contributed by atoms with Gasteiger partial charge in [-0.3, -0.25) is 0 Å². The fourth-order valence-corrected chi connectivity index (χ4v) is 3.18. The summed E-state index contributed by atoms with van der Waals surface area (Å²) < 4.78 is 27.3. The van der Waals surface area contributed by atoms with E-state index in [0.29, 0.717) is 12.6 Å². The molecule has 1 aliphatic carbocycles. The van der Waals surface area contributed by atoms with E-state index in [1.54, 1.807) is 18.2 Å². The molecule has 0 amide bonds. The quantitative estimate of drug-likeness (QED) is 0.845. The summed E-state index contributed by atoms with van der Waals surface area (Å²) in [6, 6.07) is 9.10. The highest BCUT2D eigenvalue weighted by atomic mass is 32.2. The van der Waals surface area contributed by atoms with Gasteiger partial charge in [-0.05, 0) is 30.5 Å². The Balaban J connectivity index is 1.83. The van der Waals surface area contributed by atoms with Crippen LogP contribution in [0.4, 0.5) is 5.95 Å². The molecular formula is C14H16N4O2S. The molecule has 7 heteroatoms. The lowest BCUT2D eigenvalue weighted by Crippen LogP contribution is -2.21. The number of rotatable bonds is 6. The minimum atomic E-state index is -3.69. The maximum absolute atomic E-state index is 12.5. The second-order valence-electron chi connectivity index (χ2n) is 4.94. The zero-order chi connectivity index (χ0) is 14.7. The number of nitrogens with one attached hydrogen (secondary N) is 2. The number of anilines is 1. The summed E-state index contributed by atoms with van der Waals surface area (Å²) in [7, 11) is -3.69. The van der Waals surface area contributed by atoms with Gasteiger partial charge in [-0.2, -0.15) is 0 Å². The van der Waals surface area contributed by atoms with E-state index in [9.17, 15) is 8.42 Å². The van der Waals surface area contributed by atoms with Crippen LogP contribution in [0.5, 0.6) is 0 Å². The fourth-order valence-electron chi connectivity index (χ4n) is 1.98. The number of aromatic nitrogens is 2. The first kappa shape index (κ1) is 14.0. The van der Waals surface area contributed by atoms with E-state index in [-0.39, 0.29) is 10.8 Å². The molecule has 21 heavy (non-hydrogen) atoms. The third-order valence-electron chi connectivity index (χ3n) is 3.21. The maximum Gasteiger partial charge on any atom is 0.264 e. The molecule has 0 radical (unpaired) electrons. The molecule has 1 saturated carbocycles. The van der Waals surface area contributed by atoms with E-state index in [0.717, 1.165) is 18.4 Å². The van der Waals surface area contributed by atoms with Crippen molar-refractivity contribution in [3.8, 4) is 0 Å². The van der Waals surface area contributed by atoms with Gasteiger partial charge in [-0.15, -0.1) is 0 Å². The highest BCUT2D eigenvalue weighted by Gasteiger charge is 2.23. The molecule has 6 nitrogen and oxygen atoms in total. The second-order valence-corrected chi connectivity index (χ2v) is 6.59. The fraction of sp³-hybridized carbons (Fsp3) is 0.286. The van der Waals surface area contributed by atoms with Crippen molar-refractivity contribution in [3.05, 3.63) is 48.3 Å². The zero-order valence-corrected chi connectivity index (χ0v) is 12.2.